The molecule has 1 aliphatic rings. The Hall–Kier alpha value is -3.05. The van der Waals surface area contributed by atoms with Gasteiger partial charge in [0.15, 0.2) is 5.78 Å². The molecule has 4 aromatic rings. The van der Waals surface area contributed by atoms with Crippen molar-refractivity contribution in [3.8, 4) is 27.7 Å². The molecular formula is C28H29NO10P2S. The number of carbonyl (C=O) groups is 1. The molecule has 1 fully saturated rings. The van der Waals surface area contributed by atoms with Gasteiger partial charge in [0.2, 0.25) is 0 Å². The summed E-state index contributed by atoms with van der Waals surface area (Å²) < 4.78 is 31.1. The van der Waals surface area contributed by atoms with Gasteiger partial charge in [0.25, 0.3) is 0 Å². The van der Waals surface area contributed by atoms with Crippen LogP contribution in [0.3, 0.4) is 0 Å². The second-order valence-corrected chi connectivity index (χ2v) is 14.1. The predicted octanol–water partition coefficient (Wildman–Crippen LogP) is 3.68. The molecule has 0 amide bonds. The zero-order valence-electron chi connectivity index (χ0n) is 22.2. The topological polar surface area (TPSA) is 185 Å². The summed E-state index contributed by atoms with van der Waals surface area (Å²) in [5, 5.41) is 18.3. The number of carbonyl (C=O) groups excluding carboxylic acids is 1. The zero-order chi connectivity index (χ0) is 30.2. The smallest absolute Gasteiger partial charge is 0.360 e. The van der Waals surface area contributed by atoms with Crippen LogP contribution in [-0.4, -0.2) is 66.7 Å². The van der Waals surface area contributed by atoms with Gasteiger partial charge < -0.3 is 34.5 Å². The van der Waals surface area contributed by atoms with Gasteiger partial charge in [-0.25, -0.2) is 0 Å². The average Bonchev–Trinajstić information content (AvgIpc) is 3.30. The number of fused-ring (bicyclic) bond motifs is 1. The Labute approximate surface area is 245 Å². The van der Waals surface area contributed by atoms with Gasteiger partial charge >= 0.3 is 15.2 Å². The number of rotatable bonds is 9. The van der Waals surface area contributed by atoms with E-state index in [1.165, 1.54) is 37.5 Å². The summed E-state index contributed by atoms with van der Waals surface area (Å²) >= 11 is 0.909. The van der Waals surface area contributed by atoms with Gasteiger partial charge in [-0.05, 0) is 80.5 Å². The van der Waals surface area contributed by atoms with Crippen LogP contribution >= 0.6 is 26.5 Å². The Morgan fingerprint density at radius 1 is 0.857 bits per heavy atom. The highest BCUT2D eigenvalue weighted by Crippen LogP contribution is 2.49. The van der Waals surface area contributed by atoms with Gasteiger partial charge in [-0.1, -0.05) is 6.42 Å². The van der Waals surface area contributed by atoms with E-state index in [-0.39, 0.29) is 27.3 Å². The van der Waals surface area contributed by atoms with Gasteiger partial charge in [-0.15, -0.1) is 11.3 Å². The fourth-order valence-electron chi connectivity index (χ4n) is 5.16. The van der Waals surface area contributed by atoms with Gasteiger partial charge in [-0.2, -0.15) is 0 Å². The fourth-order valence-corrected chi connectivity index (χ4v) is 8.94. The SMILES string of the molecule is O=C(c1ccc(OCCN2CCCCC2)cc1)c1c(-c2ccc(O)c(P(=O)(O)O)c2P(=O)(O)O)sc2cc(O)ccc12. The third-order valence-electron chi connectivity index (χ3n) is 7.10. The highest BCUT2D eigenvalue weighted by Gasteiger charge is 2.38. The highest BCUT2D eigenvalue weighted by molar-refractivity contribution is 7.67. The number of phenolic OH excluding ortho intramolecular Hbond substituents is 2. The zero-order valence-corrected chi connectivity index (χ0v) is 24.8. The van der Waals surface area contributed by atoms with E-state index in [1.54, 1.807) is 24.3 Å². The molecule has 14 heteroatoms. The van der Waals surface area contributed by atoms with Crippen molar-refractivity contribution in [3.05, 3.63) is 65.7 Å². The molecule has 0 atom stereocenters. The van der Waals surface area contributed by atoms with Crippen LogP contribution in [0.15, 0.2) is 54.6 Å². The molecule has 1 saturated heterocycles. The summed E-state index contributed by atoms with van der Waals surface area (Å²) in [6, 6.07) is 12.7. The predicted molar refractivity (Wildman–Crippen MR) is 160 cm³/mol. The summed E-state index contributed by atoms with van der Waals surface area (Å²) in [7, 11) is -10.8. The summed E-state index contributed by atoms with van der Waals surface area (Å²) in [5.41, 5.74) is -0.0638. The van der Waals surface area contributed by atoms with Crippen LogP contribution in [0, 0.1) is 0 Å². The normalized spacial score (nSPS) is 14.8. The van der Waals surface area contributed by atoms with E-state index in [2.05, 4.69) is 4.90 Å². The number of hydrogen-bond acceptors (Lipinski definition) is 8. The molecule has 42 heavy (non-hydrogen) atoms. The lowest BCUT2D eigenvalue weighted by Gasteiger charge is -2.26. The summed E-state index contributed by atoms with van der Waals surface area (Å²) in [6.45, 7) is 3.38. The lowest BCUT2D eigenvalue weighted by atomic mass is 9.97. The van der Waals surface area contributed by atoms with Gasteiger partial charge in [0.05, 0.1) is 5.30 Å². The Balaban J connectivity index is 1.56. The maximum atomic E-state index is 13.9. The molecule has 1 aliphatic heterocycles. The van der Waals surface area contributed by atoms with Gasteiger partial charge in [0.1, 0.15) is 29.2 Å². The summed E-state index contributed by atoms with van der Waals surface area (Å²) in [4.78, 5) is 56.4. The molecule has 1 aromatic heterocycles. The van der Waals surface area contributed by atoms with Crippen LogP contribution in [0.2, 0.25) is 0 Å². The molecule has 222 valence electrons. The first-order valence-electron chi connectivity index (χ1n) is 13.1. The van der Waals surface area contributed by atoms with Crippen LogP contribution in [0.4, 0.5) is 0 Å². The van der Waals surface area contributed by atoms with Crippen molar-refractivity contribution in [2.75, 3.05) is 26.2 Å². The lowest BCUT2D eigenvalue weighted by molar-refractivity contribution is 0.104. The molecule has 2 heterocycles. The van der Waals surface area contributed by atoms with Crippen molar-refractivity contribution in [1.29, 1.82) is 0 Å². The number of ether oxygens (including phenoxy) is 1. The third kappa shape index (κ3) is 6.32. The summed E-state index contributed by atoms with van der Waals surface area (Å²) in [5.74, 6) is -1.06. The van der Waals surface area contributed by atoms with E-state index in [1.807, 2.05) is 0 Å². The molecule has 0 aliphatic carbocycles. The Bertz CT molecular complexity index is 1740. The minimum atomic E-state index is -5.41. The molecule has 11 nitrogen and oxygen atoms in total. The maximum absolute atomic E-state index is 13.9. The lowest BCUT2D eigenvalue weighted by Crippen LogP contribution is -2.33. The molecule has 0 unspecified atom stereocenters. The molecule has 5 rings (SSSR count). The Kier molecular flexibility index (Phi) is 8.63. The average molecular weight is 634 g/mol. The van der Waals surface area contributed by atoms with Gasteiger partial charge in [-0.3, -0.25) is 18.8 Å². The Morgan fingerprint density at radius 3 is 2.17 bits per heavy atom. The van der Waals surface area contributed by atoms with E-state index in [9.17, 15) is 43.7 Å². The third-order valence-corrected chi connectivity index (χ3v) is 10.5. The van der Waals surface area contributed by atoms with Crippen molar-refractivity contribution in [3.63, 3.8) is 0 Å². The number of phenols is 2. The van der Waals surface area contributed by atoms with Crippen LogP contribution in [0.5, 0.6) is 17.2 Å². The maximum Gasteiger partial charge on any atom is 0.360 e. The van der Waals surface area contributed by atoms with Gasteiger partial charge in [0, 0.05) is 38.2 Å². The fraction of sp³-hybridized carbons (Fsp3) is 0.250. The standard InChI is InChI=1S/C28H29NO10P2S/c30-18-6-9-20-23(16-18)42-28(21-10-11-22(31)27(41(36,37)38)26(21)40(33,34)35)24(20)25(32)17-4-7-19(8-5-17)39-15-14-29-12-2-1-3-13-29/h4-11,16,30-31H,1-3,12-15H2,(H2,33,34,35)(H2,36,37,38). The molecule has 6 N–H and O–H groups in total. The van der Waals surface area contributed by atoms with E-state index in [0.29, 0.717) is 22.4 Å². The minimum Gasteiger partial charge on any atom is -0.508 e. The van der Waals surface area contributed by atoms with Crippen molar-refractivity contribution in [1.82, 2.24) is 4.90 Å². The first-order valence-corrected chi connectivity index (χ1v) is 17.1. The summed E-state index contributed by atoms with van der Waals surface area (Å²) in [6.07, 6.45) is 3.60. The molecule has 0 radical (unpaired) electrons. The van der Waals surface area contributed by atoms with Crippen molar-refractivity contribution in [2.45, 2.75) is 19.3 Å². The number of likely N-dealkylation sites (tertiary alicyclic amines) is 1. The number of hydrogen-bond donors (Lipinski definition) is 6. The highest BCUT2D eigenvalue weighted by atomic mass is 32.1. The van der Waals surface area contributed by atoms with E-state index < -0.39 is 37.3 Å². The molecular weight excluding hydrogens is 604 g/mol. The second kappa shape index (κ2) is 11.9. The van der Waals surface area contributed by atoms with Crippen molar-refractivity contribution in [2.24, 2.45) is 0 Å². The van der Waals surface area contributed by atoms with Crippen LogP contribution < -0.4 is 15.3 Å². The van der Waals surface area contributed by atoms with Crippen LogP contribution in [-0.2, 0) is 9.13 Å². The number of ketones is 1. The first kappa shape index (κ1) is 30.4. The van der Waals surface area contributed by atoms with Crippen molar-refractivity contribution < 1.29 is 48.4 Å². The van der Waals surface area contributed by atoms with Crippen molar-refractivity contribution >= 4 is 53.0 Å². The van der Waals surface area contributed by atoms with Crippen LogP contribution in [0.1, 0.15) is 35.2 Å². The van der Waals surface area contributed by atoms with E-state index in [4.69, 9.17) is 4.74 Å². The second-order valence-electron chi connectivity index (χ2n) is 10.0. The number of thiophene rings is 1. The molecule has 0 saturated carbocycles. The molecule has 0 spiro atoms. The number of benzene rings is 3. The largest absolute Gasteiger partial charge is 0.508 e. The number of aromatic hydroxyl groups is 2. The molecule has 3 aromatic carbocycles. The number of piperidine rings is 1. The first-order chi connectivity index (χ1) is 19.8. The van der Waals surface area contributed by atoms with E-state index in [0.717, 1.165) is 43.1 Å². The van der Waals surface area contributed by atoms with Crippen LogP contribution in [0.25, 0.3) is 20.5 Å². The molecule has 0 bridgehead atoms. The Morgan fingerprint density at radius 2 is 1.52 bits per heavy atom. The quantitative estimate of drug-likeness (QED) is 0.117. The monoisotopic (exact) mass is 633 g/mol. The number of nitrogens with zero attached hydrogens (tertiary/aromatic N) is 1. The minimum absolute atomic E-state index is 0.00971. The van der Waals surface area contributed by atoms with E-state index >= 15 is 0 Å².